The van der Waals surface area contributed by atoms with Gasteiger partial charge in [-0.05, 0) is 82.3 Å². The second kappa shape index (κ2) is 11.8. The molecule has 0 atom stereocenters. The zero-order chi connectivity index (χ0) is 32.0. The van der Waals surface area contributed by atoms with E-state index < -0.39 is 0 Å². The van der Waals surface area contributed by atoms with Gasteiger partial charge in [0.1, 0.15) is 11.2 Å². The van der Waals surface area contributed by atoms with Gasteiger partial charge in [-0.3, -0.25) is 0 Å². The van der Waals surface area contributed by atoms with E-state index in [1.165, 1.54) is 26.4 Å². The summed E-state index contributed by atoms with van der Waals surface area (Å²) in [6.07, 6.45) is 0. The number of rotatable bonds is 6. The Bertz CT molecular complexity index is 2300. The van der Waals surface area contributed by atoms with Gasteiger partial charge < -0.3 is 9.32 Å². The fraction of sp³-hybridized carbons (Fsp3) is 0.0909. The molecule has 8 rings (SSSR count). The minimum atomic E-state index is 0.0869. The summed E-state index contributed by atoms with van der Waals surface area (Å²) < 4.78 is 6.36. The number of thiophene rings is 1. The van der Waals surface area contributed by atoms with E-state index >= 15 is 0 Å². The fourth-order valence-corrected chi connectivity index (χ4v) is 7.36. The van der Waals surface area contributed by atoms with Gasteiger partial charge in [-0.1, -0.05) is 124 Å². The van der Waals surface area contributed by atoms with Gasteiger partial charge in [0.05, 0.1) is 0 Å². The van der Waals surface area contributed by atoms with Crippen molar-refractivity contribution in [3.63, 3.8) is 0 Å². The highest BCUT2D eigenvalue weighted by molar-refractivity contribution is 7.18. The Morgan fingerprint density at radius 2 is 1.00 bits per heavy atom. The molecule has 0 N–H and O–H groups in total. The summed E-state index contributed by atoms with van der Waals surface area (Å²) in [7, 11) is 0. The Hall–Kier alpha value is -5.38. The summed E-state index contributed by atoms with van der Waals surface area (Å²) in [5, 5.41) is 2.29. The highest BCUT2D eigenvalue weighted by Crippen LogP contribution is 2.41. The molecule has 2 heterocycles. The maximum atomic E-state index is 6.36. The van der Waals surface area contributed by atoms with E-state index in [0.717, 1.165) is 50.1 Å². The van der Waals surface area contributed by atoms with Crippen LogP contribution in [-0.2, 0) is 5.41 Å². The molecule has 0 saturated heterocycles. The minimum Gasteiger partial charge on any atom is -0.455 e. The van der Waals surface area contributed by atoms with Crippen molar-refractivity contribution >= 4 is 50.3 Å². The summed E-state index contributed by atoms with van der Waals surface area (Å²) in [6, 6.07) is 56.5. The van der Waals surface area contributed by atoms with E-state index in [9.17, 15) is 0 Å². The molecule has 228 valence electrons. The highest BCUT2D eigenvalue weighted by Gasteiger charge is 2.18. The van der Waals surface area contributed by atoms with Crippen molar-refractivity contribution in [2.45, 2.75) is 26.2 Å². The number of furan rings is 1. The highest BCUT2D eigenvalue weighted by atomic mass is 32.1. The molecule has 0 bridgehead atoms. The molecule has 0 unspecified atom stereocenters. The molecule has 0 aliphatic carbocycles. The SMILES string of the molecule is CC(C)(C)c1ccc(N(c2ccc(-c3ccc(-c4ccccc4)s3)cc2)c2ccc(-c3cccc4c3oc3ccccc34)cc2)cc1. The lowest BCUT2D eigenvalue weighted by Crippen LogP contribution is -2.13. The van der Waals surface area contributed by atoms with E-state index in [-0.39, 0.29) is 5.41 Å². The Kier molecular flexibility index (Phi) is 7.27. The van der Waals surface area contributed by atoms with Crippen LogP contribution in [0.1, 0.15) is 26.3 Å². The number of hydrogen-bond donors (Lipinski definition) is 0. The third-order valence-corrected chi connectivity index (χ3v) is 10.1. The second-order valence-corrected chi connectivity index (χ2v) is 14.1. The van der Waals surface area contributed by atoms with Crippen molar-refractivity contribution in [3.05, 3.63) is 163 Å². The summed E-state index contributed by atoms with van der Waals surface area (Å²) in [6.45, 7) is 6.77. The van der Waals surface area contributed by atoms with Gasteiger partial charge in [-0.15, -0.1) is 11.3 Å². The molecule has 3 heteroatoms. The third kappa shape index (κ3) is 5.54. The molecular formula is C44H35NOS. The standard InChI is InChI=1S/C44H35NOS/c1-44(2,3)33-20-26-36(27-21-33)45(35-24-18-32(19-25-35)42-29-28-41(47-42)31-10-5-4-6-11-31)34-22-16-30(17-23-34)37-13-9-14-39-38-12-7-8-15-40(38)46-43(37)39/h4-29H,1-3H3. The number of benzene rings is 6. The van der Waals surface area contributed by atoms with Gasteiger partial charge in [0, 0.05) is 43.2 Å². The molecule has 0 radical (unpaired) electrons. The van der Waals surface area contributed by atoms with Crippen LogP contribution in [0, 0.1) is 0 Å². The zero-order valence-corrected chi connectivity index (χ0v) is 27.6. The monoisotopic (exact) mass is 625 g/mol. The number of hydrogen-bond acceptors (Lipinski definition) is 3. The number of fused-ring (bicyclic) bond motifs is 3. The van der Waals surface area contributed by atoms with Crippen LogP contribution in [-0.4, -0.2) is 0 Å². The largest absolute Gasteiger partial charge is 0.455 e. The number of para-hydroxylation sites is 2. The van der Waals surface area contributed by atoms with Crippen LogP contribution in [0.3, 0.4) is 0 Å². The van der Waals surface area contributed by atoms with Crippen LogP contribution in [0.5, 0.6) is 0 Å². The summed E-state index contributed by atoms with van der Waals surface area (Å²) in [5.41, 5.74) is 11.3. The molecule has 0 spiro atoms. The van der Waals surface area contributed by atoms with Gasteiger partial charge in [-0.2, -0.15) is 0 Å². The van der Waals surface area contributed by atoms with Crippen molar-refractivity contribution in [2.24, 2.45) is 0 Å². The van der Waals surface area contributed by atoms with Crippen molar-refractivity contribution in [1.82, 2.24) is 0 Å². The molecule has 0 saturated carbocycles. The minimum absolute atomic E-state index is 0.0869. The topological polar surface area (TPSA) is 16.4 Å². The van der Waals surface area contributed by atoms with E-state index in [1.54, 1.807) is 0 Å². The van der Waals surface area contributed by atoms with E-state index in [2.05, 4.69) is 171 Å². The maximum Gasteiger partial charge on any atom is 0.143 e. The first-order valence-electron chi connectivity index (χ1n) is 16.1. The molecule has 0 aliphatic heterocycles. The Morgan fingerprint density at radius 3 is 1.64 bits per heavy atom. The maximum absolute atomic E-state index is 6.36. The first-order valence-corrected chi connectivity index (χ1v) is 16.9. The molecule has 0 fully saturated rings. The van der Waals surface area contributed by atoms with Crippen LogP contribution in [0.25, 0.3) is 53.9 Å². The smallest absolute Gasteiger partial charge is 0.143 e. The first kappa shape index (κ1) is 29.1. The van der Waals surface area contributed by atoms with E-state index in [4.69, 9.17) is 4.42 Å². The second-order valence-electron chi connectivity index (χ2n) is 13.0. The van der Waals surface area contributed by atoms with Crippen molar-refractivity contribution in [1.29, 1.82) is 0 Å². The van der Waals surface area contributed by atoms with E-state index in [1.807, 2.05) is 23.5 Å². The van der Waals surface area contributed by atoms with Crippen molar-refractivity contribution in [3.8, 4) is 32.0 Å². The van der Waals surface area contributed by atoms with Gasteiger partial charge in [0.25, 0.3) is 0 Å². The van der Waals surface area contributed by atoms with Gasteiger partial charge in [-0.25, -0.2) is 0 Å². The average molecular weight is 626 g/mol. The summed E-state index contributed by atoms with van der Waals surface area (Å²) in [4.78, 5) is 4.88. The Morgan fingerprint density at radius 1 is 0.468 bits per heavy atom. The van der Waals surface area contributed by atoms with E-state index in [0.29, 0.717) is 0 Å². The quantitative estimate of drug-likeness (QED) is 0.183. The van der Waals surface area contributed by atoms with Crippen LogP contribution in [0.2, 0.25) is 0 Å². The van der Waals surface area contributed by atoms with Crippen LogP contribution >= 0.6 is 11.3 Å². The first-order chi connectivity index (χ1) is 22.9. The Balaban J connectivity index is 1.16. The number of anilines is 3. The van der Waals surface area contributed by atoms with Crippen LogP contribution in [0.4, 0.5) is 17.1 Å². The molecule has 6 aromatic carbocycles. The molecular weight excluding hydrogens is 591 g/mol. The molecule has 2 aromatic heterocycles. The lowest BCUT2D eigenvalue weighted by Gasteiger charge is -2.27. The molecule has 0 amide bonds. The average Bonchev–Trinajstić information content (AvgIpc) is 3.75. The molecule has 2 nitrogen and oxygen atoms in total. The normalized spacial score (nSPS) is 11.7. The fourth-order valence-electron chi connectivity index (χ4n) is 6.35. The lowest BCUT2D eigenvalue weighted by atomic mass is 9.87. The molecule has 8 aromatic rings. The lowest BCUT2D eigenvalue weighted by molar-refractivity contribution is 0.590. The number of nitrogens with zero attached hydrogens (tertiary/aromatic N) is 1. The van der Waals surface area contributed by atoms with Crippen molar-refractivity contribution < 1.29 is 4.42 Å². The van der Waals surface area contributed by atoms with Gasteiger partial charge in [0.15, 0.2) is 0 Å². The molecule has 47 heavy (non-hydrogen) atoms. The van der Waals surface area contributed by atoms with Crippen molar-refractivity contribution in [2.75, 3.05) is 4.90 Å². The predicted molar refractivity (Wildman–Crippen MR) is 201 cm³/mol. The zero-order valence-electron chi connectivity index (χ0n) is 26.8. The summed E-state index contributed by atoms with van der Waals surface area (Å²) >= 11 is 1.83. The molecule has 0 aliphatic rings. The van der Waals surface area contributed by atoms with Gasteiger partial charge >= 0.3 is 0 Å². The Labute approximate surface area is 280 Å². The van der Waals surface area contributed by atoms with Crippen LogP contribution in [0.15, 0.2) is 162 Å². The van der Waals surface area contributed by atoms with Gasteiger partial charge in [0.2, 0.25) is 0 Å². The predicted octanol–water partition coefficient (Wildman–Crippen LogP) is 13.4. The third-order valence-electron chi connectivity index (χ3n) is 8.91. The summed E-state index contributed by atoms with van der Waals surface area (Å²) in [5.74, 6) is 0. The van der Waals surface area contributed by atoms with Crippen LogP contribution < -0.4 is 4.90 Å².